The van der Waals surface area contributed by atoms with E-state index in [1.165, 1.54) is 0 Å². The van der Waals surface area contributed by atoms with Gasteiger partial charge in [0.25, 0.3) is 5.56 Å². The zero-order valence-corrected chi connectivity index (χ0v) is 10.8. The SMILES string of the molecule is Nc1nc(NNc2nc3n[nH]nc3c(=O)[nH]2)nc2[nH+]c[nH]c12. The number of nitrogens with zero attached hydrogens (tertiary/aromatic N) is 5. The summed E-state index contributed by atoms with van der Waals surface area (Å²) < 4.78 is 0. The molecular formula is C9H9N12O+. The van der Waals surface area contributed by atoms with Crippen LogP contribution in [0, 0.1) is 0 Å². The van der Waals surface area contributed by atoms with Gasteiger partial charge in [-0.05, 0) is 0 Å². The zero-order chi connectivity index (χ0) is 15.1. The standard InChI is InChI=1S/C9H8N12O/c10-4-2-5(12-1-11-2)14-8(13-4)19-20-9-15-6-3(7(22)16-9)17-21-18-6/h1H,(H4,10,11,12,13,14,19)(H3,15,16,17,18,20,21,22)/p+1. The molecule has 0 unspecified atom stereocenters. The van der Waals surface area contributed by atoms with Crippen LogP contribution in [0.4, 0.5) is 17.7 Å². The first-order valence-electron chi connectivity index (χ1n) is 6.06. The summed E-state index contributed by atoms with van der Waals surface area (Å²) in [6, 6.07) is 0. The Balaban J connectivity index is 1.63. The van der Waals surface area contributed by atoms with Gasteiger partial charge < -0.3 is 5.73 Å². The molecule has 8 N–H and O–H groups in total. The van der Waals surface area contributed by atoms with E-state index in [1.807, 2.05) is 0 Å². The van der Waals surface area contributed by atoms with Gasteiger partial charge in [-0.3, -0.25) is 25.6 Å². The van der Waals surface area contributed by atoms with Crippen LogP contribution in [-0.2, 0) is 0 Å². The van der Waals surface area contributed by atoms with E-state index in [2.05, 4.69) is 56.2 Å². The van der Waals surface area contributed by atoms with Crippen LogP contribution >= 0.6 is 0 Å². The second kappa shape index (κ2) is 4.37. The molecule has 4 aromatic heterocycles. The van der Waals surface area contributed by atoms with Crippen LogP contribution < -0.4 is 27.1 Å². The van der Waals surface area contributed by atoms with Crippen molar-refractivity contribution in [3.63, 3.8) is 0 Å². The number of H-pyrrole nitrogens is 4. The largest absolute Gasteiger partial charge is 0.380 e. The Hall–Kier alpha value is -3.77. The van der Waals surface area contributed by atoms with E-state index in [9.17, 15) is 4.79 Å². The van der Waals surface area contributed by atoms with Crippen LogP contribution in [0.2, 0.25) is 0 Å². The maximum absolute atomic E-state index is 11.7. The molecule has 13 heteroatoms. The number of aromatic nitrogens is 9. The van der Waals surface area contributed by atoms with Crippen LogP contribution in [0.15, 0.2) is 11.1 Å². The van der Waals surface area contributed by atoms with Crippen molar-refractivity contribution in [1.29, 1.82) is 0 Å². The predicted octanol–water partition coefficient (Wildman–Crippen LogP) is -1.85. The van der Waals surface area contributed by atoms with E-state index in [4.69, 9.17) is 5.73 Å². The Morgan fingerprint density at radius 1 is 1.18 bits per heavy atom. The van der Waals surface area contributed by atoms with Crippen LogP contribution in [0.25, 0.3) is 22.3 Å². The lowest BCUT2D eigenvalue weighted by atomic mass is 10.5. The molecule has 4 aromatic rings. The number of nitrogens with one attached hydrogen (secondary N) is 6. The van der Waals surface area contributed by atoms with Gasteiger partial charge in [-0.25, -0.2) is 4.98 Å². The quantitative estimate of drug-likeness (QED) is 0.235. The minimum atomic E-state index is -0.432. The van der Waals surface area contributed by atoms with E-state index in [-0.39, 0.29) is 28.9 Å². The van der Waals surface area contributed by atoms with E-state index in [1.54, 1.807) is 6.33 Å². The average molecular weight is 301 g/mol. The Morgan fingerprint density at radius 2 is 2.09 bits per heavy atom. The highest BCUT2D eigenvalue weighted by molar-refractivity contribution is 5.79. The number of hydrogen-bond acceptors (Lipinski definition) is 9. The number of fused-ring (bicyclic) bond motifs is 2. The third-order valence-corrected chi connectivity index (χ3v) is 2.85. The summed E-state index contributed by atoms with van der Waals surface area (Å²) in [6.45, 7) is 0. The van der Waals surface area contributed by atoms with Gasteiger partial charge in [0.15, 0.2) is 17.7 Å². The third-order valence-electron chi connectivity index (χ3n) is 2.85. The van der Waals surface area contributed by atoms with Crippen LogP contribution in [-0.4, -0.2) is 40.3 Å². The smallest absolute Gasteiger partial charge is 0.321 e. The van der Waals surface area contributed by atoms with E-state index >= 15 is 0 Å². The average Bonchev–Trinajstić information content (AvgIpc) is 3.13. The van der Waals surface area contributed by atoms with Crippen molar-refractivity contribution in [3.8, 4) is 0 Å². The number of nitrogen functional groups attached to an aromatic ring is 1. The van der Waals surface area contributed by atoms with Gasteiger partial charge in [-0.15, -0.1) is 10.2 Å². The first kappa shape index (κ1) is 12.0. The predicted molar refractivity (Wildman–Crippen MR) is 74.4 cm³/mol. The number of rotatable bonds is 3. The first-order valence-corrected chi connectivity index (χ1v) is 6.06. The van der Waals surface area contributed by atoms with Gasteiger partial charge in [0.2, 0.25) is 17.1 Å². The summed E-state index contributed by atoms with van der Waals surface area (Å²) >= 11 is 0. The highest BCUT2D eigenvalue weighted by atomic mass is 16.1. The van der Waals surface area contributed by atoms with Crippen LogP contribution in [0.3, 0.4) is 0 Å². The van der Waals surface area contributed by atoms with E-state index < -0.39 is 5.56 Å². The topological polar surface area (TPSA) is 193 Å². The highest BCUT2D eigenvalue weighted by Crippen LogP contribution is 2.13. The van der Waals surface area contributed by atoms with Gasteiger partial charge in [0, 0.05) is 0 Å². The summed E-state index contributed by atoms with van der Waals surface area (Å²) in [6.07, 6.45) is 1.59. The lowest BCUT2D eigenvalue weighted by Crippen LogP contribution is -2.19. The molecule has 0 amide bonds. The van der Waals surface area contributed by atoms with E-state index in [0.29, 0.717) is 11.2 Å². The van der Waals surface area contributed by atoms with Gasteiger partial charge in [0.05, 0.1) is 0 Å². The van der Waals surface area contributed by atoms with Gasteiger partial charge in [0.1, 0.15) is 0 Å². The Bertz CT molecular complexity index is 1030. The van der Waals surface area contributed by atoms with Gasteiger partial charge in [-0.2, -0.15) is 15.2 Å². The number of hydrazine groups is 1. The van der Waals surface area contributed by atoms with Crippen LogP contribution in [0.5, 0.6) is 0 Å². The first-order chi connectivity index (χ1) is 10.7. The minimum Gasteiger partial charge on any atom is -0.380 e. The summed E-state index contributed by atoms with van der Waals surface area (Å²) in [7, 11) is 0. The van der Waals surface area contributed by atoms with Crippen molar-refractivity contribution in [2.45, 2.75) is 0 Å². The molecule has 0 bridgehead atoms. The molecule has 0 aromatic carbocycles. The number of imidazole rings is 1. The van der Waals surface area contributed by atoms with Crippen molar-refractivity contribution < 1.29 is 4.98 Å². The van der Waals surface area contributed by atoms with Crippen LogP contribution in [0.1, 0.15) is 0 Å². The lowest BCUT2D eigenvalue weighted by Gasteiger charge is -2.04. The maximum Gasteiger partial charge on any atom is 0.321 e. The molecular weight excluding hydrogens is 292 g/mol. The molecule has 0 aliphatic rings. The molecule has 4 heterocycles. The fraction of sp³-hybridized carbons (Fsp3) is 0. The molecule has 22 heavy (non-hydrogen) atoms. The number of aromatic amines is 4. The highest BCUT2D eigenvalue weighted by Gasteiger charge is 2.14. The molecule has 0 atom stereocenters. The molecule has 0 spiro atoms. The maximum atomic E-state index is 11.7. The summed E-state index contributed by atoms with van der Waals surface area (Å²) in [5, 5.41) is 9.75. The molecule has 4 rings (SSSR count). The van der Waals surface area contributed by atoms with E-state index in [0.717, 1.165) is 0 Å². The second-order valence-electron chi connectivity index (χ2n) is 4.25. The molecule has 110 valence electrons. The molecule has 0 radical (unpaired) electrons. The number of nitrogens with two attached hydrogens (primary N) is 1. The lowest BCUT2D eigenvalue weighted by molar-refractivity contribution is -0.347. The van der Waals surface area contributed by atoms with Crippen molar-refractivity contribution in [1.82, 2.24) is 40.3 Å². The fourth-order valence-electron chi connectivity index (χ4n) is 1.89. The van der Waals surface area contributed by atoms with Crippen molar-refractivity contribution in [2.75, 3.05) is 16.6 Å². The monoisotopic (exact) mass is 301 g/mol. The summed E-state index contributed by atoms with van der Waals surface area (Å²) in [5.74, 6) is 0.597. The Labute approximate surface area is 119 Å². The zero-order valence-electron chi connectivity index (χ0n) is 10.8. The molecule has 0 aliphatic carbocycles. The Morgan fingerprint density at radius 3 is 3.00 bits per heavy atom. The van der Waals surface area contributed by atoms with Crippen molar-refractivity contribution in [3.05, 3.63) is 16.7 Å². The molecule has 0 aliphatic heterocycles. The molecule has 13 nitrogen and oxygen atoms in total. The third kappa shape index (κ3) is 1.84. The molecule has 0 saturated carbocycles. The fourth-order valence-corrected chi connectivity index (χ4v) is 1.89. The Kier molecular flexibility index (Phi) is 2.38. The second-order valence-corrected chi connectivity index (χ2v) is 4.25. The molecule has 0 fully saturated rings. The molecule has 0 saturated heterocycles. The van der Waals surface area contributed by atoms with Gasteiger partial charge in [-0.1, -0.05) is 4.98 Å². The van der Waals surface area contributed by atoms with Crippen molar-refractivity contribution in [2.24, 2.45) is 0 Å². The summed E-state index contributed by atoms with van der Waals surface area (Å²) in [5.41, 5.74) is 12.1. The number of anilines is 3. The number of hydrogen-bond donors (Lipinski definition) is 6. The van der Waals surface area contributed by atoms with Crippen molar-refractivity contribution >= 4 is 40.0 Å². The summed E-state index contributed by atoms with van der Waals surface area (Å²) in [4.78, 5) is 32.3. The normalized spacial score (nSPS) is 11.1. The minimum absolute atomic E-state index is 0.120. The van der Waals surface area contributed by atoms with Gasteiger partial charge >= 0.3 is 11.6 Å².